The molecule has 0 aromatic rings. The second-order valence-corrected chi connectivity index (χ2v) is 13.8. The molecule has 0 saturated carbocycles. The van der Waals surface area contributed by atoms with Gasteiger partial charge in [0.15, 0.2) is 0 Å². The number of aliphatic carboxylic acids is 2. The lowest BCUT2D eigenvalue weighted by atomic mass is 9.82. The Morgan fingerprint density at radius 2 is 1.24 bits per heavy atom. The van der Waals surface area contributed by atoms with E-state index in [-0.39, 0.29) is 37.4 Å². The summed E-state index contributed by atoms with van der Waals surface area (Å²) < 4.78 is 4.96. The van der Waals surface area contributed by atoms with Crippen molar-refractivity contribution in [2.45, 2.75) is 193 Å². The van der Waals surface area contributed by atoms with Crippen molar-refractivity contribution >= 4 is 23.9 Å². The summed E-state index contributed by atoms with van der Waals surface area (Å²) in [5.41, 5.74) is 0. The Hall–Kier alpha value is -2.52. The second kappa shape index (κ2) is 30.3. The van der Waals surface area contributed by atoms with Gasteiger partial charge >= 0.3 is 23.9 Å². The molecule has 0 aromatic carbocycles. The van der Waals surface area contributed by atoms with Crippen LogP contribution in [0, 0.1) is 11.8 Å². The molecule has 9 nitrogen and oxygen atoms in total. The molecule has 2 N–H and O–H groups in total. The van der Waals surface area contributed by atoms with Gasteiger partial charge in [0.25, 0.3) is 0 Å². The van der Waals surface area contributed by atoms with Crippen molar-refractivity contribution in [2.75, 3.05) is 0 Å². The summed E-state index contributed by atoms with van der Waals surface area (Å²) in [4.78, 5) is 58.8. The Labute approximate surface area is 296 Å². The van der Waals surface area contributed by atoms with Crippen LogP contribution < -0.4 is 0 Å². The van der Waals surface area contributed by atoms with Crippen molar-refractivity contribution in [1.29, 1.82) is 0 Å². The molecule has 9 heteroatoms. The Kier molecular flexibility index (Phi) is 27.5. The van der Waals surface area contributed by atoms with Crippen molar-refractivity contribution in [2.24, 2.45) is 11.8 Å². The number of carboxylic acids is 2. The van der Waals surface area contributed by atoms with E-state index in [0.717, 1.165) is 109 Å². The van der Waals surface area contributed by atoms with Crippen LogP contribution in [0.1, 0.15) is 181 Å². The lowest BCUT2D eigenvalue weighted by Gasteiger charge is -2.26. The number of hydrogen-bond donors (Lipinski definition) is 2. The maximum Gasteiger partial charge on any atom is 0.317 e. The van der Waals surface area contributed by atoms with Crippen molar-refractivity contribution in [1.82, 2.24) is 0 Å². The van der Waals surface area contributed by atoms with Gasteiger partial charge in [0.05, 0.1) is 18.4 Å². The number of allylic oxidation sites excluding steroid dienone is 3. The van der Waals surface area contributed by atoms with Gasteiger partial charge in [0, 0.05) is 12.8 Å². The van der Waals surface area contributed by atoms with E-state index in [1.54, 1.807) is 0 Å². The molecule has 49 heavy (non-hydrogen) atoms. The van der Waals surface area contributed by atoms with E-state index < -0.39 is 29.8 Å². The molecular formula is C40H68O9. The molecule has 1 fully saturated rings. The number of ether oxygens (including phenoxy) is 1. The maximum absolute atomic E-state index is 12.7. The Bertz CT molecular complexity index is 944. The molecule has 0 aliphatic carbocycles. The van der Waals surface area contributed by atoms with Gasteiger partial charge in [-0.15, -0.1) is 0 Å². The smallest absolute Gasteiger partial charge is 0.317 e. The van der Waals surface area contributed by atoms with Crippen molar-refractivity contribution < 1.29 is 43.9 Å². The van der Waals surface area contributed by atoms with Gasteiger partial charge in [-0.2, -0.15) is 0 Å². The molecule has 1 saturated heterocycles. The number of esters is 2. The molecule has 0 aromatic heterocycles. The van der Waals surface area contributed by atoms with E-state index in [4.69, 9.17) is 24.7 Å². The number of rotatable bonds is 34. The Morgan fingerprint density at radius 3 is 1.82 bits per heavy atom. The van der Waals surface area contributed by atoms with Crippen LogP contribution in [0.3, 0.4) is 0 Å². The Balaban J connectivity index is 2.90. The third-order valence-electron chi connectivity index (χ3n) is 9.33. The summed E-state index contributed by atoms with van der Waals surface area (Å²) in [7, 11) is 0. The lowest BCUT2D eigenvalue weighted by molar-refractivity contribution is -0.346. The fourth-order valence-electron chi connectivity index (χ4n) is 6.36. The number of cyclic esters (lactones) is 2. The number of carbonyl (C=O) groups excluding carboxylic acids is 2. The van der Waals surface area contributed by atoms with Crippen LogP contribution in [0.15, 0.2) is 24.3 Å². The van der Waals surface area contributed by atoms with Gasteiger partial charge < -0.3 is 14.9 Å². The fraction of sp³-hybridized carbons (Fsp3) is 0.800. The summed E-state index contributed by atoms with van der Waals surface area (Å²) in [6.45, 7) is 4.39. The molecule has 0 radical (unpaired) electrons. The normalized spacial score (nSPS) is 16.8. The molecule has 0 spiro atoms. The molecule has 1 aliphatic rings. The van der Waals surface area contributed by atoms with E-state index in [9.17, 15) is 19.2 Å². The van der Waals surface area contributed by atoms with E-state index in [2.05, 4.69) is 38.2 Å². The quantitative estimate of drug-likeness (QED) is 0.0168. The SMILES string of the molecule is CCCCCC=CCCC(CCCCCCCC(=O)O)OOC(C=CCCCCC)CC(CCCCCCCC(=O)O)C1CC(=O)OC1=O. The highest BCUT2D eigenvalue weighted by Gasteiger charge is 2.40. The van der Waals surface area contributed by atoms with Crippen LogP contribution >= 0.6 is 0 Å². The zero-order valence-electron chi connectivity index (χ0n) is 30.8. The topological polar surface area (TPSA) is 136 Å². The summed E-state index contributed by atoms with van der Waals surface area (Å²) >= 11 is 0. The van der Waals surface area contributed by atoms with Crippen LogP contribution in [-0.4, -0.2) is 46.3 Å². The van der Waals surface area contributed by atoms with Gasteiger partial charge in [-0.1, -0.05) is 115 Å². The van der Waals surface area contributed by atoms with Crippen LogP contribution in [0.25, 0.3) is 0 Å². The average Bonchev–Trinajstić information content (AvgIpc) is 3.41. The van der Waals surface area contributed by atoms with Gasteiger partial charge in [0.1, 0.15) is 6.10 Å². The van der Waals surface area contributed by atoms with Crippen molar-refractivity contribution in [3.05, 3.63) is 24.3 Å². The fourth-order valence-corrected chi connectivity index (χ4v) is 6.36. The maximum atomic E-state index is 12.7. The van der Waals surface area contributed by atoms with Crippen LogP contribution in [0.5, 0.6) is 0 Å². The van der Waals surface area contributed by atoms with E-state index in [0.29, 0.717) is 19.3 Å². The molecule has 4 unspecified atom stereocenters. The summed E-state index contributed by atoms with van der Waals surface area (Å²) in [6.07, 6.45) is 30.6. The largest absolute Gasteiger partial charge is 0.481 e. The van der Waals surface area contributed by atoms with Gasteiger partial charge in [-0.3, -0.25) is 19.2 Å². The van der Waals surface area contributed by atoms with Crippen LogP contribution in [0.2, 0.25) is 0 Å². The lowest BCUT2D eigenvalue weighted by Crippen LogP contribution is -2.26. The second-order valence-electron chi connectivity index (χ2n) is 13.8. The molecule has 1 rings (SSSR count). The van der Waals surface area contributed by atoms with E-state index in [1.165, 1.54) is 19.3 Å². The highest BCUT2D eigenvalue weighted by atomic mass is 17.2. The summed E-state index contributed by atoms with van der Waals surface area (Å²) in [5, 5.41) is 17.8. The minimum Gasteiger partial charge on any atom is -0.481 e. The molecule has 4 atom stereocenters. The van der Waals surface area contributed by atoms with Gasteiger partial charge in [-0.05, 0) is 76.5 Å². The first-order valence-electron chi connectivity index (χ1n) is 19.6. The average molecular weight is 693 g/mol. The molecule has 1 aliphatic heterocycles. The zero-order valence-corrected chi connectivity index (χ0v) is 30.8. The molecule has 282 valence electrons. The highest BCUT2D eigenvalue weighted by Crippen LogP contribution is 2.33. The third kappa shape index (κ3) is 25.1. The minimum absolute atomic E-state index is 0.0856. The van der Waals surface area contributed by atoms with Gasteiger partial charge in [0.2, 0.25) is 0 Å². The van der Waals surface area contributed by atoms with Crippen molar-refractivity contribution in [3.8, 4) is 0 Å². The summed E-state index contributed by atoms with van der Waals surface area (Å²) in [6, 6.07) is 0. The zero-order chi connectivity index (χ0) is 36.0. The number of hydrogen-bond acceptors (Lipinski definition) is 7. The molecular weight excluding hydrogens is 624 g/mol. The number of carboxylic acid groups (broad SMARTS) is 2. The summed E-state index contributed by atoms with van der Waals surface area (Å²) in [5.74, 6) is -3.02. The third-order valence-corrected chi connectivity index (χ3v) is 9.33. The first-order valence-corrected chi connectivity index (χ1v) is 19.6. The minimum atomic E-state index is -0.769. The van der Waals surface area contributed by atoms with Crippen molar-refractivity contribution in [3.63, 3.8) is 0 Å². The number of unbranched alkanes of at least 4 members (excludes halogenated alkanes) is 14. The van der Waals surface area contributed by atoms with E-state index >= 15 is 0 Å². The van der Waals surface area contributed by atoms with Gasteiger partial charge in [-0.25, -0.2) is 9.78 Å². The number of carbonyl (C=O) groups is 4. The van der Waals surface area contributed by atoms with Crippen LogP contribution in [-0.2, 0) is 33.7 Å². The first-order chi connectivity index (χ1) is 23.8. The van der Waals surface area contributed by atoms with E-state index in [1.807, 2.05) is 0 Å². The first kappa shape index (κ1) is 44.5. The highest BCUT2D eigenvalue weighted by molar-refractivity contribution is 5.94. The molecule has 1 heterocycles. The molecule has 0 bridgehead atoms. The predicted molar refractivity (Wildman–Crippen MR) is 193 cm³/mol. The standard InChI is InChI=1S/C40H68O9/c1-3-5-7-9-10-15-20-26-34(27-21-16-12-18-24-30-38(43)44)48-49-35(28-22-13-8-6-4-2)31-33(36-32-39(45)47-40(36)46)25-19-14-11-17-23-29-37(41)42/h10,15,22,28,33-36H,3-9,11-14,16-21,23-27,29-32H2,1-2H3,(H,41,42)(H,43,44). The van der Waals surface area contributed by atoms with Crippen LogP contribution in [0.4, 0.5) is 0 Å². The molecule has 0 amide bonds. The monoisotopic (exact) mass is 692 g/mol. The predicted octanol–water partition coefficient (Wildman–Crippen LogP) is 10.5. The Morgan fingerprint density at radius 1 is 0.694 bits per heavy atom.